The van der Waals surface area contributed by atoms with Crippen molar-refractivity contribution in [2.75, 3.05) is 24.3 Å². The molecule has 1 aromatic carbocycles. The number of carboxylic acids is 1. The molecule has 0 aliphatic carbocycles. The van der Waals surface area contributed by atoms with Gasteiger partial charge in [-0.15, -0.1) is 0 Å². The number of anilines is 3. The third kappa shape index (κ3) is 2.69. The third-order valence-corrected chi connectivity index (χ3v) is 4.23. The van der Waals surface area contributed by atoms with Gasteiger partial charge < -0.3 is 20.3 Å². The van der Waals surface area contributed by atoms with Gasteiger partial charge in [0.1, 0.15) is 11.5 Å². The standard InChI is InChI=1S/C19H17N5O2/c1-24(2)12-5-3-4-11(8-12)21-18-13-6-7-20-10-14(13)17-15(23-18)9-16(22-17)19(25)26/h3-10,22H,1-2H3,(H,21,23)(H,25,26). The monoisotopic (exact) mass is 347 g/mol. The fourth-order valence-electron chi connectivity index (χ4n) is 2.93. The Morgan fingerprint density at radius 3 is 2.81 bits per heavy atom. The minimum atomic E-state index is -1.02. The topological polar surface area (TPSA) is 94.1 Å². The van der Waals surface area contributed by atoms with Gasteiger partial charge in [0, 0.05) is 48.6 Å². The first kappa shape index (κ1) is 15.9. The number of aromatic amines is 1. The van der Waals surface area contributed by atoms with E-state index in [0.29, 0.717) is 16.9 Å². The SMILES string of the molecule is CN(C)c1cccc(Nc2nc3cc(C(=O)O)[nH]c3c3cnccc23)c1. The highest BCUT2D eigenvalue weighted by Gasteiger charge is 2.14. The zero-order valence-electron chi connectivity index (χ0n) is 14.3. The van der Waals surface area contributed by atoms with E-state index >= 15 is 0 Å². The van der Waals surface area contributed by atoms with Crippen LogP contribution in [0.25, 0.3) is 21.8 Å². The van der Waals surface area contributed by atoms with Crippen LogP contribution in [0.5, 0.6) is 0 Å². The van der Waals surface area contributed by atoms with Crippen LogP contribution in [0.1, 0.15) is 10.5 Å². The molecule has 0 bridgehead atoms. The second-order valence-corrected chi connectivity index (χ2v) is 6.20. The Kier molecular flexibility index (Phi) is 3.69. The quantitative estimate of drug-likeness (QED) is 0.522. The molecule has 0 atom stereocenters. The molecule has 0 saturated heterocycles. The number of rotatable bonds is 4. The van der Waals surface area contributed by atoms with E-state index < -0.39 is 5.97 Å². The Bertz CT molecular complexity index is 1130. The minimum absolute atomic E-state index is 0.101. The van der Waals surface area contributed by atoms with E-state index in [2.05, 4.69) is 20.3 Å². The maximum Gasteiger partial charge on any atom is 0.352 e. The van der Waals surface area contributed by atoms with Crippen molar-refractivity contribution < 1.29 is 9.90 Å². The van der Waals surface area contributed by atoms with Gasteiger partial charge in [-0.2, -0.15) is 0 Å². The molecule has 0 saturated carbocycles. The zero-order valence-corrected chi connectivity index (χ0v) is 14.3. The molecule has 4 aromatic rings. The summed E-state index contributed by atoms with van der Waals surface area (Å²) in [5.41, 5.74) is 3.31. The van der Waals surface area contributed by atoms with Crippen molar-refractivity contribution in [2.45, 2.75) is 0 Å². The van der Waals surface area contributed by atoms with Gasteiger partial charge in [0.2, 0.25) is 0 Å². The van der Waals surface area contributed by atoms with Crippen molar-refractivity contribution in [1.29, 1.82) is 0 Å². The summed E-state index contributed by atoms with van der Waals surface area (Å²) in [6.07, 6.45) is 3.40. The molecule has 3 heterocycles. The summed E-state index contributed by atoms with van der Waals surface area (Å²) in [4.78, 5) is 25.0. The number of H-pyrrole nitrogens is 1. The Hall–Kier alpha value is -3.61. The van der Waals surface area contributed by atoms with Crippen LogP contribution in [-0.2, 0) is 0 Å². The first-order valence-electron chi connectivity index (χ1n) is 8.07. The number of nitrogens with one attached hydrogen (secondary N) is 2. The Morgan fingerprint density at radius 2 is 2.04 bits per heavy atom. The third-order valence-electron chi connectivity index (χ3n) is 4.23. The lowest BCUT2D eigenvalue weighted by molar-refractivity contribution is 0.0691. The summed E-state index contributed by atoms with van der Waals surface area (Å²) >= 11 is 0. The molecule has 7 heteroatoms. The normalized spacial score (nSPS) is 11.0. The average molecular weight is 347 g/mol. The Balaban J connectivity index is 1.88. The molecule has 0 fully saturated rings. The van der Waals surface area contributed by atoms with E-state index in [1.807, 2.05) is 49.3 Å². The summed E-state index contributed by atoms with van der Waals surface area (Å²) in [7, 11) is 3.97. The number of fused-ring (bicyclic) bond motifs is 3. The van der Waals surface area contributed by atoms with Gasteiger partial charge in [0.25, 0.3) is 0 Å². The number of carbonyl (C=O) groups is 1. The van der Waals surface area contributed by atoms with E-state index in [1.165, 1.54) is 6.07 Å². The van der Waals surface area contributed by atoms with Gasteiger partial charge in [0.05, 0.1) is 11.0 Å². The number of hydrogen-bond acceptors (Lipinski definition) is 5. The summed E-state index contributed by atoms with van der Waals surface area (Å²) < 4.78 is 0. The predicted molar refractivity (Wildman–Crippen MR) is 102 cm³/mol. The van der Waals surface area contributed by atoms with Crippen LogP contribution in [0.3, 0.4) is 0 Å². The van der Waals surface area contributed by atoms with Crippen molar-refractivity contribution in [2.24, 2.45) is 0 Å². The molecule has 130 valence electrons. The van der Waals surface area contributed by atoms with Crippen molar-refractivity contribution in [3.63, 3.8) is 0 Å². The largest absolute Gasteiger partial charge is 0.477 e. The minimum Gasteiger partial charge on any atom is -0.477 e. The number of carboxylic acid groups (broad SMARTS) is 1. The van der Waals surface area contributed by atoms with Gasteiger partial charge in [0.15, 0.2) is 0 Å². The molecular weight excluding hydrogens is 330 g/mol. The molecule has 0 aliphatic rings. The molecule has 3 N–H and O–H groups in total. The van der Waals surface area contributed by atoms with Gasteiger partial charge in [-0.25, -0.2) is 9.78 Å². The number of benzene rings is 1. The van der Waals surface area contributed by atoms with Crippen LogP contribution >= 0.6 is 0 Å². The Morgan fingerprint density at radius 1 is 1.19 bits per heavy atom. The van der Waals surface area contributed by atoms with Gasteiger partial charge in [-0.05, 0) is 30.3 Å². The molecular formula is C19H17N5O2. The molecule has 26 heavy (non-hydrogen) atoms. The molecule has 3 aromatic heterocycles. The van der Waals surface area contributed by atoms with Crippen molar-refractivity contribution in [1.82, 2.24) is 15.0 Å². The van der Waals surface area contributed by atoms with E-state index in [-0.39, 0.29) is 5.69 Å². The second-order valence-electron chi connectivity index (χ2n) is 6.20. The molecule has 0 unspecified atom stereocenters. The first-order chi connectivity index (χ1) is 12.5. The summed E-state index contributed by atoms with van der Waals surface area (Å²) in [6.45, 7) is 0. The van der Waals surface area contributed by atoms with E-state index in [4.69, 9.17) is 0 Å². The second kappa shape index (κ2) is 6.03. The number of nitrogens with zero attached hydrogens (tertiary/aromatic N) is 3. The molecule has 7 nitrogen and oxygen atoms in total. The maximum atomic E-state index is 11.3. The molecule has 0 aliphatic heterocycles. The number of aromatic carboxylic acids is 1. The highest BCUT2D eigenvalue weighted by molar-refractivity contribution is 6.10. The zero-order chi connectivity index (χ0) is 18.3. The van der Waals surface area contributed by atoms with Crippen molar-refractivity contribution >= 4 is 45.0 Å². The van der Waals surface area contributed by atoms with Crippen molar-refractivity contribution in [3.8, 4) is 0 Å². The summed E-state index contributed by atoms with van der Waals surface area (Å²) in [6, 6.07) is 11.4. The van der Waals surface area contributed by atoms with Crippen molar-refractivity contribution in [3.05, 3.63) is 54.5 Å². The van der Waals surface area contributed by atoms with E-state index in [1.54, 1.807) is 12.4 Å². The molecule has 0 amide bonds. The smallest absolute Gasteiger partial charge is 0.352 e. The highest BCUT2D eigenvalue weighted by Crippen LogP contribution is 2.31. The van der Waals surface area contributed by atoms with Crippen LogP contribution in [0.2, 0.25) is 0 Å². The van der Waals surface area contributed by atoms with Gasteiger partial charge >= 0.3 is 5.97 Å². The van der Waals surface area contributed by atoms with Crippen LogP contribution in [0, 0.1) is 0 Å². The molecule has 0 spiro atoms. The highest BCUT2D eigenvalue weighted by atomic mass is 16.4. The summed E-state index contributed by atoms with van der Waals surface area (Å²) in [5, 5.41) is 14.3. The fraction of sp³-hybridized carbons (Fsp3) is 0.105. The molecule has 0 radical (unpaired) electrons. The van der Waals surface area contributed by atoms with Crippen LogP contribution in [0.15, 0.2) is 48.8 Å². The van der Waals surface area contributed by atoms with Gasteiger partial charge in [-0.3, -0.25) is 4.98 Å². The molecule has 4 rings (SSSR count). The van der Waals surface area contributed by atoms with E-state index in [9.17, 15) is 9.90 Å². The van der Waals surface area contributed by atoms with Crippen LogP contribution < -0.4 is 10.2 Å². The Labute approximate surface area is 149 Å². The number of pyridine rings is 2. The average Bonchev–Trinajstić information content (AvgIpc) is 3.07. The lowest BCUT2D eigenvalue weighted by Crippen LogP contribution is -2.08. The summed E-state index contributed by atoms with van der Waals surface area (Å²) in [5.74, 6) is -0.366. The number of aromatic nitrogens is 3. The predicted octanol–water partition coefficient (Wildman–Crippen LogP) is 3.62. The fourth-order valence-corrected chi connectivity index (χ4v) is 2.93. The maximum absolute atomic E-state index is 11.3. The van der Waals surface area contributed by atoms with Crippen LogP contribution in [0.4, 0.5) is 17.2 Å². The van der Waals surface area contributed by atoms with Gasteiger partial charge in [-0.1, -0.05) is 6.07 Å². The van der Waals surface area contributed by atoms with Crippen LogP contribution in [-0.4, -0.2) is 40.1 Å². The lowest BCUT2D eigenvalue weighted by Gasteiger charge is -2.15. The van der Waals surface area contributed by atoms with E-state index in [0.717, 1.165) is 22.1 Å². The lowest BCUT2D eigenvalue weighted by atomic mass is 10.1. The first-order valence-corrected chi connectivity index (χ1v) is 8.07. The number of hydrogen-bond donors (Lipinski definition) is 3.